The lowest BCUT2D eigenvalue weighted by Gasteiger charge is -1.24. The van der Waals surface area contributed by atoms with Gasteiger partial charge >= 0.3 is 6.15 Å². The maximum absolute atomic E-state index is 8.12. The van der Waals surface area contributed by atoms with Gasteiger partial charge in [0.15, 0.2) is 0 Å². The van der Waals surface area contributed by atoms with Crippen molar-refractivity contribution >= 4 is 6.15 Å². The minimum Gasteiger partial charge on any atom is -0.377 e. The minimum absolute atomic E-state index is 0.250. The van der Waals surface area contributed by atoms with Gasteiger partial charge in [-0.3, -0.25) is 0 Å². The van der Waals surface area contributed by atoms with E-state index in [1.807, 2.05) is 0 Å². The van der Waals surface area contributed by atoms with Crippen LogP contribution in [0.3, 0.4) is 0 Å². The Kier molecular flexibility index (Phi) is 3.86. The van der Waals surface area contributed by atoms with Crippen LogP contribution in [-0.2, 0) is 14.3 Å². The summed E-state index contributed by atoms with van der Waals surface area (Å²) in [6.45, 7) is 2.00. The molecule has 0 saturated carbocycles. The van der Waals surface area contributed by atoms with Crippen LogP contribution in [0.4, 0.5) is 0 Å². The smallest absolute Gasteiger partial charge is 0.373 e. The van der Waals surface area contributed by atoms with Crippen LogP contribution in [0.2, 0.25) is 0 Å². The van der Waals surface area contributed by atoms with Gasteiger partial charge < -0.3 is 4.74 Å². The summed E-state index contributed by atoms with van der Waals surface area (Å²) in [6, 6.07) is 0. The van der Waals surface area contributed by atoms with E-state index in [0.717, 1.165) is 13.2 Å². The van der Waals surface area contributed by atoms with Crippen LogP contribution >= 0.6 is 0 Å². The summed E-state index contributed by atoms with van der Waals surface area (Å²) >= 11 is 0. The first-order valence-electron chi connectivity index (χ1n) is 1.49. The molecular weight excluding hydrogens is 84.0 g/mol. The summed E-state index contributed by atoms with van der Waals surface area (Å²) in [4.78, 5) is 16.2. The Labute approximate surface area is 34.9 Å². The van der Waals surface area contributed by atoms with Gasteiger partial charge in [0.2, 0.25) is 0 Å². The van der Waals surface area contributed by atoms with Crippen molar-refractivity contribution in [3.63, 3.8) is 0 Å². The van der Waals surface area contributed by atoms with Crippen molar-refractivity contribution in [2.75, 3.05) is 13.2 Å². The van der Waals surface area contributed by atoms with Gasteiger partial charge in [0, 0.05) is 0 Å². The zero-order chi connectivity index (χ0) is 4.83. The fraction of sp³-hybridized carbons (Fsp3) is 0.667. The lowest BCUT2D eigenvalue weighted by atomic mass is 11.0. The Bertz CT molecular complexity index is 48.3. The van der Waals surface area contributed by atoms with Crippen molar-refractivity contribution in [2.45, 2.75) is 0 Å². The van der Waals surface area contributed by atoms with Gasteiger partial charge in [0.1, 0.15) is 0 Å². The SMILES string of the molecule is C1CO1.O=C=O. The van der Waals surface area contributed by atoms with Crippen molar-refractivity contribution in [3.05, 3.63) is 0 Å². The van der Waals surface area contributed by atoms with E-state index in [9.17, 15) is 0 Å². The normalized spacial score (nSPS) is 13.3. The third-order valence-electron chi connectivity index (χ3n) is 0.204. The van der Waals surface area contributed by atoms with Crippen LogP contribution < -0.4 is 0 Å². The highest BCUT2D eigenvalue weighted by molar-refractivity contribution is 5.20. The Morgan fingerprint density at radius 3 is 1.50 bits per heavy atom. The van der Waals surface area contributed by atoms with Crippen LogP contribution in [0.5, 0.6) is 0 Å². The summed E-state index contributed by atoms with van der Waals surface area (Å²) in [7, 11) is 0. The Hall–Kier alpha value is -0.660. The largest absolute Gasteiger partial charge is 0.377 e. The van der Waals surface area contributed by atoms with Crippen LogP contribution in [0, 0.1) is 0 Å². The van der Waals surface area contributed by atoms with Crippen LogP contribution in [0.25, 0.3) is 0 Å². The van der Waals surface area contributed by atoms with E-state index in [-0.39, 0.29) is 6.15 Å². The van der Waals surface area contributed by atoms with Crippen molar-refractivity contribution in [2.24, 2.45) is 0 Å². The van der Waals surface area contributed by atoms with Gasteiger partial charge in [-0.1, -0.05) is 0 Å². The molecule has 1 saturated heterocycles. The first-order chi connectivity index (χ1) is 2.91. The van der Waals surface area contributed by atoms with Crippen molar-refractivity contribution in [1.29, 1.82) is 0 Å². The second-order valence-electron chi connectivity index (χ2n) is 0.696. The second-order valence-corrected chi connectivity index (χ2v) is 0.696. The molecule has 0 atom stereocenters. The number of ether oxygens (including phenoxy) is 1. The van der Waals surface area contributed by atoms with E-state index >= 15 is 0 Å². The Morgan fingerprint density at radius 1 is 1.33 bits per heavy atom. The molecule has 0 bridgehead atoms. The van der Waals surface area contributed by atoms with Gasteiger partial charge in [-0.25, -0.2) is 0 Å². The predicted molar refractivity (Wildman–Crippen MR) is 15.8 cm³/mol. The number of epoxide rings is 1. The first kappa shape index (κ1) is 5.34. The van der Waals surface area contributed by atoms with Gasteiger partial charge in [0.25, 0.3) is 0 Å². The number of carbonyl (C=O) groups excluding carboxylic acids is 2. The molecular formula is C3H4O3. The number of hydrogen-bond donors (Lipinski definition) is 0. The molecule has 0 aromatic rings. The molecule has 0 aliphatic carbocycles. The molecule has 34 valence electrons. The molecule has 1 aliphatic rings. The average Bonchev–Trinajstić information content (AvgIpc) is 2.11. The first-order valence-corrected chi connectivity index (χ1v) is 1.49. The van der Waals surface area contributed by atoms with Gasteiger partial charge in [-0.15, -0.1) is 0 Å². The third-order valence-corrected chi connectivity index (χ3v) is 0.204. The van der Waals surface area contributed by atoms with Crippen LogP contribution in [-0.4, -0.2) is 19.4 Å². The quantitative estimate of drug-likeness (QED) is 0.372. The molecule has 1 heterocycles. The van der Waals surface area contributed by atoms with Crippen molar-refractivity contribution in [1.82, 2.24) is 0 Å². The van der Waals surface area contributed by atoms with Crippen LogP contribution in [0.15, 0.2) is 0 Å². The molecule has 0 radical (unpaired) electrons. The molecule has 3 heteroatoms. The summed E-state index contributed by atoms with van der Waals surface area (Å²) in [5.74, 6) is 0. The number of rotatable bonds is 0. The summed E-state index contributed by atoms with van der Waals surface area (Å²) < 4.78 is 4.50. The van der Waals surface area contributed by atoms with E-state index in [2.05, 4.69) is 4.74 Å². The Morgan fingerprint density at radius 2 is 1.50 bits per heavy atom. The van der Waals surface area contributed by atoms with Crippen molar-refractivity contribution < 1.29 is 14.3 Å². The molecule has 1 fully saturated rings. The van der Waals surface area contributed by atoms with E-state index in [1.165, 1.54) is 0 Å². The molecule has 0 N–H and O–H groups in total. The molecule has 6 heavy (non-hydrogen) atoms. The standard InChI is InChI=1S/C2H4O.CO2/c1-2-3-1;2-1-3/h1-2H2;. The molecule has 0 aromatic carbocycles. The van der Waals surface area contributed by atoms with Crippen molar-refractivity contribution in [3.8, 4) is 0 Å². The highest BCUT2D eigenvalue weighted by atomic mass is 16.6. The fourth-order valence-corrected chi connectivity index (χ4v) is 0. The highest BCUT2D eigenvalue weighted by Crippen LogP contribution is 1.84. The predicted octanol–water partition coefficient (Wildman–Crippen LogP) is -0.567. The monoisotopic (exact) mass is 88.0 g/mol. The molecule has 0 unspecified atom stereocenters. The van der Waals surface area contributed by atoms with Gasteiger partial charge in [0.05, 0.1) is 13.2 Å². The summed E-state index contributed by atoms with van der Waals surface area (Å²) in [6.07, 6.45) is 0.250. The molecule has 0 spiro atoms. The molecule has 1 aliphatic heterocycles. The topological polar surface area (TPSA) is 46.7 Å². The van der Waals surface area contributed by atoms with E-state index in [0.29, 0.717) is 0 Å². The number of hydrogen-bond acceptors (Lipinski definition) is 3. The molecule has 3 nitrogen and oxygen atoms in total. The lowest BCUT2D eigenvalue weighted by molar-refractivity contribution is -0.191. The molecule has 0 aromatic heterocycles. The Balaban J connectivity index is 0.0000000833. The van der Waals surface area contributed by atoms with Crippen LogP contribution in [0.1, 0.15) is 0 Å². The highest BCUT2D eigenvalue weighted by Gasteiger charge is 1.94. The lowest BCUT2D eigenvalue weighted by Crippen LogP contribution is -1.22. The zero-order valence-corrected chi connectivity index (χ0v) is 3.14. The van der Waals surface area contributed by atoms with E-state index in [1.54, 1.807) is 0 Å². The van der Waals surface area contributed by atoms with E-state index < -0.39 is 0 Å². The van der Waals surface area contributed by atoms with E-state index in [4.69, 9.17) is 9.59 Å². The third kappa shape index (κ3) is 158. The summed E-state index contributed by atoms with van der Waals surface area (Å²) in [5, 5.41) is 0. The maximum atomic E-state index is 8.12. The molecule has 1 rings (SSSR count). The van der Waals surface area contributed by atoms with Gasteiger partial charge in [-0.05, 0) is 0 Å². The fourth-order valence-electron chi connectivity index (χ4n) is 0. The minimum atomic E-state index is 0.250. The zero-order valence-electron chi connectivity index (χ0n) is 3.14. The second kappa shape index (κ2) is 4.34. The van der Waals surface area contributed by atoms with Gasteiger partial charge in [-0.2, -0.15) is 9.59 Å². The molecule has 0 amide bonds. The average molecular weight is 88.1 g/mol. The maximum Gasteiger partial charge on any atom is 0.373 e. The summed E-state index contributed by atoms with van der Waals surface area (Å²) in [5.41, 5.74) is 0.